The van der Waals surface area contributed by atoms with Crippen molar-refractivity contribution in [2.45, 2.75) is 155 Å². The Labute approximate surface area is 496 Å². The number of likely N-dealkylation sites (tertiary alicyclic amines) is 1. The number of nitrogens with zero attached hydrogens (tertiary/aromatic N) is 5. The molecule has 9 amide bonds. The van der Waals surface area contributed by atoms with E-state index < -0.39 is 72.0 Å². The monoisotopic (exact) mass is 1180 g/mol. The SMILES string of the molecule is CC[C@H](C)[C@@H]([C@@H](CC(=O)N1CCC[C@H]1[C@H](OC)[C@@H](C)C(=O)N[C@@H](Cc1ccccc1)C(=O)N1CCCCO1)OC)N(C)[C@H](C(=O)NC(=O)[C@H](C(C)C)N(C)CCCC(=O)NNC(=O)CCOCCOCCOCCN1C(=O)C=CC1=O)C(C)C. The fourth-order valence-corrected chi connectivity index (χ4v) is 11.3. The molecule has 0 unspecified atom stereocenters. The molecule has 24 nitrogen and oxygen atoms in total. The third-order valence-corrected chi connectivity index (χ3v) is 15.9. The maximum Gasteiger partial charge on any atom is 0.269 e. The summed E-state index contributed by atoms with van der Waals surface area (Å²) in [6, 6.07) is 6.19. The summed E-state index contributed by atoms with van der Waals surface area (Å²) in [4.78, 5) is 132. The van der Waals surface area contributed by atoms with Crippen molar-refractivity contribution in [3.8, 4) is 0 Å². The predicted octanol–water partition coefficient (Wildman–Crippen LogP) is 2.58. The highest BCUT2D eigenvalue weighted by molar-refractivity contribution is 6.12. The number of carbonyl (C=O) groups is 9. The molecule has 0 radical (unpaired) electrons. The Morgan fingerprint density at radius 3 is 1.92 bits per heavy atom. The van der Waals surface area contributed by atoms with Gasteiger partial charge in [0.2, 0.25) is 35.4 Å². The van der Waals surface area contributed by atoms with Gasteiger partial charge in [0, 0.05) is 58.3 Å². The van der Waals surface area contributed by atoms with Gasteiger partial charge in [-0.25, -0.2) is 5.06 Å². The van der Waals surface area contributed by atoms with E-state index in [9.17, 15) is 43.2 Å². The van der Waals surface area contributed by atoms with E-state index >= 15 is 0 Å². The van der Waals surface area contributed by atoms with Crippen LogP contribution >= 0.6 is 0 Å². The van der Waals surface area contributed by atoms with Gasteiger partial charge >= 0.3 is 0 Å². The van der Waals surface area contributed by atoms with Gasteiger partial charge < -0.3 is 33.9 Å². The van der Waals surface area contributed by atoms with Crippen molar-refractivity contribution in [2.24, 2.45) is 23.7 Å². The summed E-state index contributed by atoms with van der Waals surface area (Å²) in [6.07, 6.45) is 5.35. The molecule has 24 heteroatoms. The van der Waals surface area contributed by atoms with Crippen LogP contribution in [-0.4, -0.2) is 221 Å². The van der Waals surface area contributed by atoms with Crippen LogP contribution in [0.1, 0.15) is 112 Å². The quantitative estimate of drug-likeness (QED) is 0.0424. The van der Waals surface area contributed by atoms with Gasteiger partial charge in [0.1, 0.15) is 6.04 Å². The Balaban J connectivity index is 1.26. The number of hydroxylamine groups is 2. The second-order valence-corrected chi connectivity index (χ2v) is 22.7. The molecule has 0 spiro atoms. The number of nitrogens with one attached hydrogen (secondary N) is 4. The molecule has 3 aliphatic heterocycles. The third kappa shape index (κ3) is 22.0. The highest BCUT2D eigenvalue weighted by Gasteiger charge is 2.44. The maximum atomic E-state index is 14.6. The topological polar surface area (TPSA) is 273 Å². The summed E-state index contributed by atoms with van der Waals surface area (Å²) in [5.41, 5.74) is 5.68. The number of likely N-dealkylation sites (N-methyl/N-ethyl adjacent to an activating group) is 2. The molecule has 0 aromatic heterocycles. The number of amides is 9. The van der Waals surface area contributed by atoms with E-state index in [1.807, 2.05) is 76.9 Å². The molecular weight excluding hydrogens is 1090 g/mol. The van der Waals surface area contributed by atoms with Gasteiger partial charge in [0.15, 0.2) is 0 Å². The lowest BCUT2D eigenvalue weighted by Crippen LogP contribution is -2.60. The van der Waals surface area contributed by atoms with Crippen molar-refractivity contribution in [1.82, 2.24) is 46.1 Å². The van der Waals surface area contributed by atoms with Crippen LogP contribution in [0.3, 0.4) is 0 Å². The molecule has 2 saturated heterocycles. The number of hydrogen-bond donors (Lipinski definition) is 4. The minimum absolute atomic E-state index is 0.00446. The van der Waals surface area contributed by atoms with E-state index in [4.69, 9.17) is 28.5 Å². The van der Waals surface area contributed by atoms with Crippen molar-refractivity contribution in [2.75, 3.05) is 101 Å². The first-order valence-corrected chi connectivity index (χ1v) is 29.9. The molecule has 472 valence electrons. The molecule has 3 heterocycles. The molecule has 0 aliphatic carbocycles. The average Bonchev–Trinajstić information content (AvgIpc) is 4.17. The van der Waals surface area contributed by atoms with Gasteiger partial charge in [0.05, 0.1) is 102 Å². The lowest BCUT2D eigenvalue weighted by atomic mass is 9.87. The average molecular weight is 1180 g/mol. The van der Waals surface area contributed by atoms with Gasteiger partial charge in [0.25, 0.3) is 17.7 Å². The molecule has 1 aromatic rings. The first-order chi connectivity index (χ1) is 40.1. The molecule has 0 saturated carbocycles. The number of hydrogen-bond acceptors (Lipinski definition) is 17. The van der Waals surface area contributed by atoms with Gasteiger partial charge in [-0.15, -0.1) is 0 Å². The van der Waals surface area contributed by atoms with Crippen LogP contribution in [0.25, 0.3) is 0 Å². The molecule has 1 aromatic carbocycles. The van der Waals surface area contributed by atoms with Crippen LogP contribution in [0.2, 0.25) is 0 Å². The summed E-state index contributed by atoms with van der Waals surface area (Å²) in [6.45, 7) is 16.6. The fourth-order valence-electron chi connectivity index (χ4n) is 11.3. The normalized spacial score (nSPS) is 18.4. The summed E-state index contributed by atoms with van der Waals surface area (Å²) in [5.74, 6) is -4.74. The van der Waals surface area contributed by atoms with E-state index in [2.05, 4.69) is 28.4 Å². The van der Waals surface area contributed by atoms with Crippen LogP contribution in [0, 0.1) is 23.7 Å². The van der Waals surface area contributed by atoms with Gasteiger partial charge in [-0.2, -0.15) is 0 Å². The lowest BCUT2D eigenvalue weighted by Gasteiger charge is -2.43. The second-order valence-electron chi connectivity index (χ2n) is 22.7. The van der Waals surface area contributed by atoms with Crippen molar-refractivity contribution in [3.63, 3.8) is 0 Å². The number of methoxy groups -OCH3 is 2. The molecular formula is C60H97N9O15. The molecule has 3 aliphatic rings. The van der Waals surface area contributed by atoms with Crippen LogP contribution in [-0.2, 0) is 78.1 Å². The van der Waals surface area contributed by atoms with Gasteiger partial charge in [-0.3, -0.25) is 78.9 Å². The highest BCUT2D eigenvalue weighted by Crippen LogP contribution is 2.31. The zero-order valence-electron chi connectivity index (χ0n) is 51.6. The van der Waals surface area contributed by atoms with Crippen molar-refractivity contribution in [1.29, 1.82) is 0 Å². The number of rotatable bonds is 37. The summed E-state index contributed by atoms with van der Waals surface area (Å²) < 4.78 is 28.5. The van der Waals surface area contributed by atoms with Crippen molar-refractivity contribution in [3.05, 3.63) is 48.0 Å². The predicted molar refractivity (Wildman–Crippen MR) is 312 cm³/mol. The van der Waals surface area contributed by atoms with Gasteiger partial charge in [-0.05, 0) is 76.1 Å². The Morgan fingerprint density at radius 2 is 1.33 bits per heavy atom. The minimum Gasteiger partial charge on any atom is -0.379 e. The molecule has 4 rings (SSSR count). The highest BCUT2D eigenvalue weighted by atomic mass is 16.7. The Bertz CT molecular complexity index is 2280. The standard InChI is InChI=1S/C60H97N9O15/c1-12-42(6)55(47(79-10)39-52(74)67-28-18-22-46(67)56(80-11)43(7)57(75)61-45(38-44-20-14-13-15-21-44)60(78)69-29-16-17-31-84-69)66(9)54(41(4)5)59(77)62-58(76)53(40(2)3)65(8)27-19-23-48(70)63-64-49(71)26-32-81-34-36-83-37-35-82-33-30-68-50(72)24-25-51(68)73/h13-15,20-21,24-25,40-43,45-47,53-56H,12,16-19,22-23,26-39H2,1-11H3,(H,61,75)(H,63,70)(H,64,71)(H,62,76,77)/t42-,43+,45-,46-,47+,53-,54-,55-,56+/m0/s1. The number of hydrazine groups is 1. The maximum absolute atomic E-state index is 14.6. The van der Waals surface area contributed by atoms with Crippen LogP contribution < -0.4 is 21.5 Å². The molecule has 2 fully saturated rings. The number of imide groups is 2. The first-order valence-electron chi connectivity index (χ1n) is 29.9. The van der Waals surface area contributed by atoms with Crippen molar-refractivity contribution >= 4 is 53.2 Å². The van der Waals surface area contributed by atoms with E-state index in [1.54, 1.807) is 30.9 Å². The second kappa shape index (κ2) is 37.0. The van der Waals surface area contributed by atoms with E-state index in [0.29, 0.717) is 51.9 Å². The summed E-state index contributed by atoms with van der Waals surface area (Å²) in [7, 11) is 6.67. The molecule has 9 atom stereocenters. The van der Waals surface area contributed by atoms with E-state index in [0.717, 1.165) is 23.3 Å². The van der Waals surface area contributed by atoms with Crippen LogP contribution in [0.4, 0.5) is 0 Å². The van der Waals surface area contributed by atoms with Gasteiger partial charge in [-0.1, -0.05) is 85.2 Å². The molecule has 84 heavy (non-hydrogen) atoms. The largest absolute Gasteiger partial charge is 0.379 e. The smallest absolute Gasteiger partial charge is 0.269 e. The summed E-state index contributed by atoms with van der Waals surface area (Å²) in [5, 5.41) is 7.07. The zero-order chi connectivity index (χ0) is 61.9. The first kappa shape index (κ1) is 70.8. The molecule has 4 N–H and O–H groups in total. The number of ether oxygens (including phenoxy) is 5. The Hall–Kier alpha value is -5.73. The summed E-state index contributed by atoms with van der Waals surface area (Å²) >= 11 is 0. The Kier molecular flexibility index (Phi) is 31.1. The third-order valence-electron chi connectivity index (χ3n) is 15.9. The van der Waals surface area contributed by atoms with Crippen molar-refractivity contribution < 1.29 is 71.7 Å². The molecule has 0 bridgehead atoms. The van der Waals surface area contributed by atoms with Crippen LogP contribution in [0.15, 0.2) is 42.5 Å². The lowest BCUT2D eigenvalue weighted by molar-refractivity contribution is -0.199. The fraction of sp³-hybridized carbons (Fsp3) is 0.717. The van der Waals surface area contributed by atoms with E-state index in [-0.39, 0.29) is 119 Å². The van der Waals surface area contributed by atoms with E-state index in [1.165, 1.54) is 24.3 Å². The zero-order valence-corrected chi connectivity index (χ0v) is 51.6. The minimum atomic E-state index is -0.884. The Morgan fingerprint density at radius 1 is 0.726 bits per heavy atom. The number of carbonyl (C=O) groups excluding carboxylic acids is 9. The number of benzene rings is 1. The van der Waals surface area contributed by atoms with Crippen LogP contribution in [0.5, 0.6) is 0 Å².